The van der Waals surface area contributed by atoms with Crippen LogP contribution in [0.1, 0.15) is 37.7 Å². The Morgan fingerprint density at radius 2 is 2.05 bits per heavy atom. The number of carbonyl (C=O) groups excluding carboxylic acids is 1. The fourth-order valence-corrected chi connectivity index (χ4v) is 2.87. The van der Waals surface area contributed by atoms with Crippen molar-refractivity contribution in [2.24, 2.45) is 5.92 Å². The molecule has 5 heteroatoms. The number of nitrogens with zero attached hydrogens (tertiary/aromatic N) is 1. The molecule has 0 saturated heterocycles. The zero-order chi connectivity index (χ0) is 15.0. The highest BCUT2D eigenvalue weighted by Gasteiger charge is 2.38. The molecule has 0 spiro atoms. The number of rotatable bonds is 3. The second-order valence-electron chi connectivity index (χ2n) is 5.92. The number of hydrogen-bond acceptors (Lipinski definition) is 3. The molecule has 0 bridgehead atoms. The molecule has 0 unspecified atom stereocenters. The van der Waals surface area contributed by atoms with Gasteiger partial charge >= 0.3 is 12.1 Å². The number of carboxylic acid groups (broad SMARTS) is 1. The van der Waals surface area contributed by atoms with E-state index in [2.05, 4.69) is 0 Å². The van der Waals surface area contributed by atoms with E-state index in [1.807, 2.05) is 13.0 Å². The molecule has 1 heterocycles. The Labute approximate surface area is 123 Å². The summed E-state index contributed by atoms with van der Waals surface area (Å²) in [4.78, 5) is 25.4. The van der Waals surface area contributed by atoms with Crippen molar-refractivity contribution in [3.05, 3.63) is 29.8 Å². The lowest BCUT2D eigenvalue weighted by Gasteiger charge is -2.37. The van der Waals surface area contributed by atoms with Crippen molar-refractivity contribution in [2.45, 2.75) is 38.1 Å². The molecule has 1 aromatic carbocycles. The number of ether oxygens (including phenoxy) is 1. The summed E-state index contributed by atoms with van der Waals surface area (Å²) < 4.78 is 5.37. The van der Waals surface area contributed by atoms with Gasteiger partial charge in [0.2, 0.25) is 0 Å². The van der Waals surface area contributed by atoms with E-state index in [9.17, 15) is 14.7 Å². The van der Waals surface area contributed by atoms with Crippen molar-refractivity contribution in [1.29, 1.82) is 0 Å². The molecule has 1 aliphatic carbocycles. The van der Waals surface area contributed by atoms with Crippen LogP contribution >= 0.6 is 0 Å². The molecule has 1 amide bonds. The van der Waals surface area contributed by atoms with Gasteiger partial charge in [-0.25, -0.2) is 4.79 Å². The zero-order valence-electron chi connectivity index (χ0n) is 12.0. The third-order valence-electron chi connectivity index (χ3n) is 4.22. The molecular formula is C16H19NO4. The summed E-state index contributed by atoms with van der Waals surface area (Å²) >= 11 is 0. The highest BCUT2D eigenvalue weighted by molar-refractivity contribution is 5.92. The molecule has 1 fully saturated rings. The van der Waals surface area contributed by atoms with Gasteiger partial charge < -0.3 is 9.84 Å². The average molecular weight is 289 g/mol. The predicted octanol–water partition coefficient (Wildman–Crippen LogP) is 3.00. The van der Waals surface area contributed by atoms with Crippen molar-refractivity contribution >= 4 is 17.7 Å². The third-order valence-corrected chi connectivity index (χ3v) is 4.22. The summed E-state index contributed by atoms with van der Waals surface area (Å²) in [7, 11) is 0. The average Bonchev–Trinajstić information content (AvgIpc) is 3.28. The number of carbonyl (C=O) groups is 2. The second kappa shape index (κ2) is 5.39. The van der Waals surface area contributed by atoms with E-state index in [4.69, 9.17) is 4.74 Å². The molecule has 1 aliphatic heterocycles. The SMILES string of the molecule is C[C@@H]1C[C@H](C(=O)O)c2ccccc2N1C(=O)OCC1CC1. The minimum Gasteiger partial charge on any atom is -0.481 e. The number of amides is 1. The van der Waals surface area contributed by atoms with Gasteiger partial charge in [-0.15, -0.1) is 0 Å². The van der Waals surface area contributed by atoms with Crippen LogP contribution in [0.3, 0.4) is 0 Å². The van der Waals surface area contributed by atoms with Crippen molar-refractivity contribution < 1.29 is 19.4 Å². The molecule has 3 rings (SSSR count). The maximum absolute atomic E-state index is 12.3. The van der Waals surface area contributed by atoms with Crippen LogP contribution in [0.4, 0.5) is 10.5 Å². The predicted molar refractivity (Wildman–Crippen MR) is 77.4 cm³/mol. The van der Waals surface area contributed by atoms with Crippen molar-refractivity contribution in [3.8, 4) is 0 Å². The number of para-hydroxylation sites is 1. The summed E-state index contributed by atoms with van der Waals surface area (Å²) in [6, 6.07) is 7.00. The maximum Gasteiger partial charge on any atom is 0.414 e. The van der Waals surface area contributed by atoms with E-state index in [0.717, 1.165) is 12.8 Å². The molecular weight excluding hydrogens is 270 g/mol. The van der Waals surface area contributed by atoms with Crippen molar-refractivity contribution in [1.82, 2.24) is 0 Å². The van der Waals surface area contributed by atoms with E-state index in [1.165, 1.54) is 0 Å². The topological polar surface area (TPSA) is 66.8 Å². The normalized spacial score (nSPS) is 24.3. The largest absolute Gasteiger partial charge is 0.481 e. The fraction of sp³-hybridized carbons (Fsp3) is 0.500. The van der Waals surface area contributed by atoms with Crippen LogP contribution in [-0.2, 0) is 9.53 Å². The van der Waals surface area contributed by atoms with Gasteiger partial charge in [-0.05, 0) is 43.7 Å². The van der Waals surface area contributed by atoms with E-state index < -0.39 is 11.9 Å². The molecule has 2 atom stereocenters. The molecule has 0 radical (unpaired) electrons. The Kier molecular flexibility index (Phi) is 3.57. The van der Waals surface area contributed by atoms with Crippen LogP contribution in [0.5, 0.6) is 0 Å². The first-order valence-corrected chi connectivity index (χ1v) is 7.35. The lowest BCUT2D eigenvalue weighted by Crippen LogP contribution is -2.44. The summed E-state index contributed by atoms with van der Waals surface area (Å²) in [6.07, 6.45) is 2.29. The summed E-state index contributed by atoms with van der Waals surface area (Å²) in [6.45, 7) is 2.33. The number of aliphatic carboxylic acids is 1. The highest BCUT2D eigenvalue weighted by Crippen LogP contribution is 2.39. The Morgan fingerprint density at radius 1 is 1.33 bits per heavy atom. The van der Waals surface area contributed by atoms with Gasteiger partial charge in [-0.2, -0.15) is 0 Å². The van der Waals surface area contributed by atoms with E-state index in [-0.39, 0.29) is 12.1 Å². The van der Waals surface area contributed by atoms with E-state index in [0.29, 0.717) is 30.2 Å². The van der Waals surface area contributed by atoms with E-state index in [1.54, 1.807) is 23.1 Å². The molecule has 112 valence electrons. The first-order chi connectivity index (χ1) is 10.1. The standard InChI is InChI=1S/C16H19NO4/c1-10-8-13(15(18)19)12-4-2-3-5-14(12)17(10)16(20)21-9-11-6-7-11/h2-5,10-11,13H,6-9H2,1H3,(H,18,19)/t10-,13+/m1/s1. The zero-order valence-corrected chi connectivity index (χ0v) is 12.0. The van der Waals surface area contributed by atoms with Crippen LogP contribution in [0.25, 0.3) is 0 Å². The fourth-order valence-electron chi connectivity index (χ4n) is 2.87. The van der Waals surface area contributed by atoms with Crippen LogP contribution in [0.2, 0.25) is 0 Å². The highest BCUT2D eigenvalue weighted by atomic mass is 16.6. The van der Waals surface area contributed by atoms with Crippen LogP contribution in [0, 0.1) is 5.92 Å². The van der Waals surface area contributed by atoms with Crippen molar-refractivity contribution in [2.75, 3.05) is 11.5 Å². The van der Waals surface area contributed by atoms with Gasteiger partial charge in [0.25, 0.3) is 0 Å². The summed E-state index contributed by atoms with van der Waals surface area (Å²) in [5, 5.41) is 9.38. The van der Waals surface area contributed by atoms with Crippen LogP contribution < -0.4 is 4.90 Å². The monoisotopic (exact) mass is 289 g/mol. The second-order valence-corrected chi connectivity index (χ2v) is 5.92. The Bertz CT molecular complexity index is 567. The molecule has 1 N–H and O–H groups in total. The van der Waals surface area contributed by atoms with Gasteiger partial charge in [0.1, 0.15) is 0 Å². The number of fused-ring (bicyclic) bond motifs is 1. The Morgan fingerprint density at radius 3 is 2.71 bits per heavy atom. The van der Waals surface area contributed by atoms with Gasteiger partial charge in [0.05, 0.1) is 18.2 Å². The lowest BCUT2D eigenvalue weighted by atomic mass is 9.86. The molecule has 5 nitrogen and oxygen atoms in total. The lowest BCUT2D eigenvalue weighted by molar-refractivity contribution is -0.139. The maximum atomic E-state index is 12.3. The number of anilines is 1. The van der Waals surface area contributed by atoms with Crippen molar-refractivity contribution in [3.63, 3.8) is 0 Å². The molecule has 0 aromatic heterocycles. The Balaban J connectivity index is 1.87. The smallest absolute Gasteiger partial charge is 0.414 e. The van der Waals surface area contributed by atoms with Crippen LogP contribution in [-0.4, -0.2) is 29.8 Å². The molecule has 21 heavy (non-hydrogen) atoms. The van der Waals surface area contributed by atoms with E-state index >= 15 is 0 Å². The Hall–Kier alpha value is -2.04. The molecule has 1 aromatic rings. The third kappa shape index (κ3) is 2.73. The first-order valence-electron chi connectivity index (χ1n) is 7.35. The minimum atomic E-state index is -0.847. The van der Waals surface area contributed by atoms with Gasteiger partial charge in [-0.3, -0.25) is 9.69 Å². The van der Waals surface area contributed by atoms with Gasteiger partial charge in [0, 0.05) is 6.04 Å². The summed E-state index contributed by atoms with van der Waals surface area (Å²) in [5.41, 5.74) is 1.34. The summed E-state index contributed by atoms with van der Waals surface area (Å²) in [5.74, 6) is -0.903. The van der Waals surface area contributed by atoms with Gasteiger partial charge in [-0.1, -0.05) is 18.2 Å². The van der Waals surface area contributed by atoms with Gasteiger partial charge in [0.15, 0.2) is 0 Å². The molecule has 2 aliphatic rings. The number of hydrogen-bond donors (Lipinski definition) is 1. The molecule has 1 saturated carbocycles. The quantitative estimate of drug-likeness (QED) is 0.929. The number of carboxylic acids is 1. The van der Waals surface area contributed by atoms with Crippen LogP contribution in [0.15, 0.2) is 24.3 Å². The number of benzene rings is 1. The minimum absolute atomic E-state index is 0.187. The first kappa shape index (κ1) is 13.9.